The topological polar surface area (TPSA) is 101 Å². The van der Waals surface area contributed by atoms with Crippen LogP contribution in [-0.4, -0.2) is 34.7 Å². The molecule has 1 aliphatic carbocycles. The normalized spacial score (nSPS) is 16.2. The molecule has 1 aliphatic rings. The molecule has 0 aromatic carbocycles. The number of rotatable bonds is 5. The quantitative estimate of drug-likeness (QED) is 0.759. The average molecular weight is 293 g/mol. The lowest BCUT2D eigenvalue weighted by Crippen LogP contribution is -2.55. The number of carbonyl (C=O) groups excluding carboxylic acids is 1. The maximum Gasteiger partial charge on any atom is 0.329 e. The summed E-state index contributed by atoms with van der Waals surface area (Å²) in [4.78, 5) is 27.2. The molecule has 1 aromatic rings. The molecule has 21 heavy (non-hydrogen) atoms. The summed E-state index contributed by atoms with van der Waals surface area (Å²) in [7, 11) is 1.53. The van der Waals surface area contributed by atoms with Gasteiger partial charge in [-0.15, -0.1) is 0 Å². The number of nitrogens with one attached hydrogen (secondary N) is 2. The fourth-order valence-corrected chi connectivity index (χ4v) is 2.45. The Hall–Kier alpha value is -2.31. The molecule has 0 bridgehead atoms. The lowest BCUT2D eigenvalue weighted by molar-refractivity contribution is -0.144. The molecular weight excluding hydrogens is 274 g/mol. The monoisotopic (exact) mass is 293 g/mol. The number of aromatic nitrogens is 1. The zero-order valence-corrected chi connectivity index (χ0v) is 11.9. The van der Waals surface area contributed by atoms with Crippen molar-refractivity contribution in [2.75, 3.05) is 7.11 Å². The number of nitrogens with zero attached hydrogens (tertiary/aromatic N) is 1. The Morgan fingerprint density at radius 3 is 2.62 bits per heavy atom. The number of ether oxygens (including phenoxy) is 1. The summed E-state index contributed by atoms with van der Waals surface area (Å²) in [5.74, 6) is -0.472. The first-order chi connectivity index (χ1) is 10.1. The largest absolute Gasteiger partial charge is 0.481 e. The second-order valence-corrected chi connectivity index (χ2v) is 5.11. The molecule has 1 aromatic heterocycles. The van der Waals surface area contributed by atoms with Gasteiger partial charge in [0.1, 0.15) is 5.54 Å². The molecule has 3 N–H and O–H groups in total. The molecule has 0 unspecified atom stereocenters. The van der Waals surface area contributed by atoms with Crippen molar-refractivity contribution in [3.05, 3.63) is 23.9 Å². The third kappa shape index (κ3) is 3.62. The SMILES string of the molecule is COc1ccc(CNC(=O)NC2(C(=O)O)CCCC2)cn1. The zero-order valence-electron chi connectivity index (χ0n) is 11.9. The molecule has 114 valence electrons. The lowest BCUT2D eigenvalue weighted by Gasteiger charge is -2.25. The van der Waals surface area contributed by atoms with Crippen molar-refractivity contribution in [2.45, 2.75) is 37.8 Å². The Bertz CT molecular complexity index is 509. The van der Waals surface area contributed by atoms with Crippen molar-refractivity contribution in [3.8, 4) is 5.88 Å². The fraction of sp³-hybridized carbons (Fsp3) is 0.500. The van der Waals surface area contributed by atoms with Crippen molar-refractivity contribution in [1.82, 2.24) is 15.6 Å². The Labute approximate surface area is 122 Å². The Morgan fingerprint density at radius 2 is 2.10 bits per heavy atom. The minimum Gasteiger partial charge on any atom is -0.481 e. The minimum absolute atomic E-state index is 0.276. The number of urea groups is 1. The molecule has 0 radical (unpaired) electrons. The van der Waals surface area contributed by atoms with Gasteiger partial charge in [-0.2, -0.15) is 0 Å². The molecular formula is C14H19N3O4. The van der Waals surface area contributed by atoms with Gasteiger partial charge in [0.15, 0.2) is 0 Å². The van der Waals surface area contributed by atoms with E-state index in [4.69, 9.17) is 4.74 Å². The van der Waals surface area contributed by atoms with Crippen LogP contribution in [0.3, 0.4) is 0 Å². The average Bonchev–Trinajstić information content (AvgIpc) is 2.95. The number of amides is 2. The van der Waals surface area contributed by atoms with Crippen LogP contribution in [0.4, 0.5) is 4.79 Å². The van der Waals surface area contributed by atoms with Crippen LogP contribution in [0.1, 0.15) is 31.2 Å². The van der Waals surface area contributed by atoms with Crippen molar-refractivity contribution in [3.63, 3.8) is 0 Å². The molecule has 2 rings (SSSR count). The molecule has 1 saturated carbocycles. The molecule has 0 atom stereocenters. The summed E-state index contributed by atoms with van der Waals surface area (Å²) in [5, 5.41) is 14.5. The zero-order chi connectivity index (χ0) is 15.3. The predicted octanol–water partition coefficient (Wildman–Crippen LogP) is 1.29. The van der Waals surface area contributed by atoms with E-state index in [-0.39, 0.29) is 6.54 Å². The highest BCUT2D eigenvalue weighted by molar-refractivity contribution is 5.86. The van der Waals surface area contributed by atoms with Crippen molar-refractivity contribution < 1.29 is 19.4 Å². The van der Waals surface area contributed by atoms with Gasteiger partial charge in [0, 0.05) is 18.8 Å². The van der Waals surface area contributed by atoms with Crippen LogP contribution < -0.4 is 15.4 Å². The van der Waals surface area contributed by atoms with E-state index in [1.165, 1.54) is 7.11 Å². The Morgan fingerprint density at radius 1 is 1.38 bits per heavy atom. The summed E-state index contributed by atoms with van der Waals surface area (Å²) < 4.78 is 4.95. The van der Waals surface area contributed by atoms with E-state index in [9.17, 15) is 14.7 Å². The number of methoxy groups -OCH3 is 1. The number of pyridine rings is 1. The van der Waals surface area contributed by atoms with Crippen LogP contribution in [0.15, 0.2) is 18.3 Å². The van der Waals surface area contributed by atoms with Crippen LogP contribution in [0.25, 0.3) is 0 Å². The van der Waals surface area contributed by atoms with Gasteiger partial charge in [-0.1, -0.05) is 18.9 Å². The van der Waals surface area contributed by atoms with Gasteiger partial charge in [0.25, 0.3) is 0 Å². The van der Waals surface area contributed by atoms with Crippen LogP contribution in [0.5, 0.6) is 5.88 Å². The second-order valence-electron chi connectivity index (χ2n) is 5.11. The summed E-state index contributed by atoms with van der Waals surface area (Å²) in [6.45, 7) is 0.276. The third-order valence-corrected chi connectivity index (χ3v) is 3.68. The van der Waals surface area contributed by atoms with E-state index in [1.54, 1.807) is 18.3 Å². The van der Waals surface area contributed by atoms with Gasteiger partial charge < -0.3 is 20.5 Å². The summed E-state index contributed by atoms with van der Waals surface area (Å²) in [6.07, 6.45) is 4.17. The van der Waals surface area contributed by atoms with Gasteiger partial charge in [-0.05, 0) is 18.4 Å². The number of hydrogen-bond donors (Lipinski definition) is 3. The molecule has 2 amide bonds. The van der Waals surface area contributed by atoms with Crippen LogP contribution in [-0.2, 0) is 11.3 Å². The first-order valence-electron chi connectivity index (χ1n) is 6.84. The van der Waals surface area contributed by atoms with Gasteiger partial charge >= 0.3 is 12.0 Å². The van der Waals surface area contributed by atoms with Crippen molar-refractivity contribution >= 4 is 12.0 Å². The maximum absolute atomic E-state index is 11.9. The highest BCUT2D eigenvalue weighted by atomic mass is 16.5. The summed E-state index contributed by atoms with van der Waals surface area (Å²) in [5.41, 5.74) is -0.316. The second kappa shape index (κ2) is 6.43. The molecule has 1 heterocycles. The maximum atomic E-state index is 11.9. The highest BCUT2D eigenvalue weighted by Crippen LogP contribution is 2.29. The Kier molecular flexibility index (Phi) is 4.62. The van der Waals surface area contributed by atoms with E-state index in [0.717, 1.165) is 18.4 Å². The van der Waals surface area contributed by atoms with Crippen LogP contribution in [0.2, 0.25) is 0 Å². The van der Waals surface area contributed by atoms with E-state index >= 15 is 0 Å². The number of aliphatic carboxylic acids is 1. The predicted molar refractivity (Wildman–Crippen MR) is 75.0 cm³/mol. The molecule has 0 saturated heterocycles. The van der Waals surface area contributed by atoms with Gasteiger partial charge in [0.05, 0.1) is 7.11 Å². The van der Waals surface area contributed by atoms with Gasteiger partial charge in [-0.3, -0.25) is 0 Å². The van der Waals surface area contributed by atoms with Gasteiger partial charge in [0.2, 0.25) is 5.88 Å². The van der Waals surface area contributed by atoms with E-state index < -0.39 is 17.5 Å². The standard InChI is InChI=1S/C14H19N3O4/c1-21-11-5-4-10(8-15-11)9-16-13(20)17-14(12(18)19)6-2-3-7-14/h4-5,8H,2-3,6-7,9H2,1H3,(H,18,19)(H2,16,17,20). The molecule has 0 spiro atoms. The lowest BCUT2D eigenvalue weighted by atomic mass is 9.98. The Balaban J connectivity index is 1.87. The first kappa shape index (κ1) is 15.1. The first-order valence-corrected chi connectivity index (χ1v) is 6.84. The van der Waals surface area contributed by atoms with E-state index in [1.807, 2.05) is 0 Å². The minimum atomic E-state index is -1.12. The number of carbonyl (C=O) groups is 2. The van der Waals surface area contributed by atoms with E-state index in [0.29, 0.717) is 18.7 Å². The summed E-state index contributed by atoms with van der Waals surface area (Å²) >= 11 is 0. The van der Waals surface area contributed by atoms with Crippen molar-refractivity contribution in [1.29, 1.82) is 0 Å². The van der Waals surface area contributed by atoms with Crippen LogP contribution >= 0.6 is 0 Å². The molecule has 0 aliphatic heterocycles. The summed E-state index contributed by atoms with van der Waals surface area (Å²) in [6, 6.07) is 3.01. The van der Waals surface area contributed by atoms with Crippen molar-refractivity contribution in [2.24, 2.45) is 0 Å². The third-order valence-electron chi connectivity index (χ3n) is 3.68. The van der Waals surface area contributed by atoms with Gasteiger partial charge in [-0.25, -0.2) is 14.6 Å². The number of carboxylic acids is 1. The van der Waals surface area contributed by atoms with Crippen LogP contribution in [0, 0.1) is 0 Å². The highest BCUT2D eigenvalue weighted by Gasteiger charge is 2.42. The fourth-order valence-electron chi connectivity index (χ4n) is 2.45. The molecule has 7 nitrogen and oxygen atoms in total. The molecule has 1 fully saturated rings. The number of carboxylic acid groups (broad SMARTS) is 1. The number of hydrogen-bond acceptors (Lipinski definition) is 4. The molecule has 7 heteroatoms. The smallest absolute Gasteiger partial charge is 0.329 e. The van der Waals surface area contributed by atoms with E-state index in [2.05, 4.69) is 15.6 Å².